The van der Waals surface area contributed by atoms with E-state index < -0.39 is 0 Å². The van der Waals surface area contributed by atoms with Crippen LogP contribution in [0.5, 0.6) is 0 Å². The Hall–Kier alpha value is -1.41. The van der Waals surface area contributed by atoms with Crippen LogP contribution in [-0.2, 0) is 0 Å². The van der Waals surface area contributed by atoms with Crippen molar-refractivity contribution in [3.63, 3.8) is 0 Å². The molecule has 0 atom stereocenters. The van der Waals surface area contributed by atoms with Crippen LogP contribution in [0.3, 0.4) is 0 Å². The molecule has 96 valence electrons. The standard InChI is InChI=1S/C13H8BrCl2N3/c14-9-2-4-11(13(16)12(9)15)19-8-1-3-10(18)7(5-8)6-17/h1-5,19H,18H2. The Morgan fingerprint density at radius 2 is 1.89 bits per heavy atom. The maximum absolute atomic E-state index is 8.93. The molecule has 2 aromatic rings. The molecule has 0 aliphatic rings. The summed E-state index contributed by atoms with van der Waals surface area (Å²) in [6, 6.07) is 10.7. The maximum atomic E-state index is 8.93. The molecule has 0 bridgehead atoms. The average Bonchev–Trinajstić information content (AvgIpc) is 2.41. The van der Waals surface area contributed by atoms with Crippen LogP contribution in [0.25, 0.3) is 0 Å². The van der Waals surface area contributed by atoms with E-state index >= 15 is 0 Å². The molecule has 0 heterocycles. The molecule has 0 aliphatic heterocycles. The molecule has 0 amide bonds. The summed E-state index contributed by atoms with van der Waals surface area (Å²) in [7, 11) is 0. The van der Waals surface area contributed by atoms with Gasteiger partial charge in [0.1, 0.15) is 6.07 Å². The predicted molar refractivity (Wildman–Crippen MR) is 83.0 cm³/mol. The fraction of sp³-hybridized carbons (Fsp3) is 0. The Morgan fingerprint density at radius 3 is 2.58 bits per heavy atom. The van der Waals surface area contributed by atoms with Crippen molar-refractivity contribution in [3.8, 4) is 6.07 Å². The quantitative estimate of drug-likeness (QED) is 0.590. The van der Waals surface area contributed by atoms with Crippen LogP contribution in [0, 0.1) is 11.3 Å². The van der Waals surface area contributed by atoms with Gasteiger partial charge < -0.3 is 11.1 Å². The van der Waals surface area contributed by atoms with Crippen molar-refractivity contribution in [2.75, 3.05) is 11.1 Å². The van der Waals surface area contributed by atoms with Gasteiger partial charge in [0, 0.05) is 15.8 Å². The van der Waals surface area contributed by atoms with Gasteiger partial charge in [-0.3, -0.25) is 0 Å². The minimum Gasteiger partial charge on any atom is -0.398 e. The Morgan fingerprint density at radius 1 is 1.16 bits per heavy atom. The molecule has 0 aromatic heterocycles. The molecule has 0 aliphatic carbocycles. The van der Waals surface area contributed by atoms with E-state index in [4.69, 9.17) is 34.2 Å². The highest BCUT2D eigenvalue weighted by Crippen LogP contribution is 2.37. The van der Waals surface area contributed by atoms with Gasteiger partial charge in [0.15, 0.2) is 0 Å². The monoisotopic (exact) mass is 355 g/mol. The fourth-order valence-corrected chi connectivity index (χ4v) is 2.33. The number of nitrogen functional groups attached to an aromatic ring is 1. The lowest BCUT2D eigenvalue weighted by molar-refractivity contribution is 1.47. The van der Waals surface area contributed by atoms with E-state index in [-0.39, 0.29) is 0 Å². The van der Waals surface area contributed by atoms with E-state index in [1.807, 2.05) is 6.07 Å². The first-order valence-corrected chi connectivity index (χ1v) is 6.78. The number of nitrogens with one attached hydrogen (secondary N) is 1. The molecule has 0 saturated heterocycles. The summed E-state index contributed by atoms with van der Waals surface area (Å²) in [5.74, 6) is 0. The van der Waals surface area contributed by atoms with Crippen molar-refractivity contribution in [2.45, 2.75) is 0 Å². The Labute approximate surface area is 129 Å². The number of benzene rings is 2. The number of halogens is 3. The Balaban J connectivity index is 2.37. The van der Waals surface area contributed by atoms with Crippen LogP contribution < -0.4 is 11.1 Å². The largest absolute Gasteiger partial charge is 0.398 e. The smallest absolute Gasteiger partial charge is 0.101 e. The number of hydrogen-bond acceptors (Lipinski definition) is 3. The minimum absolute atomic E-state index is 0.407. The maximum Gasteiger partial charge on any atom is 0.101 e. The van der Waals surface area contributed by atoms with Crippen LogP contribution >= 0.6 is 39.1 Å². The molecule has 0 fully saturated rings. The van der Waals surface area contributed by atoms with Gasteiger partial charge in [0.25, 0.3) is 0 Å². The molecule has 2 aromatic carbocycles. The molecule has 0 radical (unpaired) electrons. The number of anilines is 3. The molecule has 2 rings (SSSR count). The third kappa shape index (κ3) is 2.95. The molecule has 19 heavy (non-hydrogen) atoms. The van der Waals surface area contributed by atoms with E-state index in [9.17, 15) is 0 Å². The highest BCUT2D eigenvalue weighted by atomic mass is 79.9. The van der Waals surface area contributed by atoms with Gasteiger partial charge in [-0.2, -0.15) is 5.26 Å². The zero-order valence-electron chi connectivity index (χ0n) is 9.55. The lowest BCUT2D eigenvalue weighted by Crippen LogP contribution is -1.95. The van der Waals surface area contributed by atoms with Gasteiger partial charge in [0.2, 0.25) is 0 Å². The molecule has 0 spiro atoms. The van der Waals surface area contributed by atoms with Gasteiger partial charge in [-0.1, -0.05) is 23.2 Å². The highest BCUT2D eigenvalue weighted by molar-refractivity contribution is 9.10. The van der Waals surface area contributed by atoms with E-state index in [1.165, 1.54) is 0 Å². The highest BCUT2D eigenvalue weighted by Gasteiger charge is 2.09. The van der Waals surface area contributed by atoms with Crippen molar-refractivity contribution in [1.29, 1.82) is 5.26 Å². The minimum atomic E-state index is 0.407. The first kappa shape index (κ1) is 14.0. The summed E-state index contributed by atoms with van der Waals surface area (Å²) in [5, 5.41) is 12.9. The molecule has 3 N–H and O–H groups in total. The number of nitrogens with two attached hydrogens (primary N) is 1. The van der Waals surface area contributed by atoms with Crippen LogP contribution in [-0.4, -0.2) is 0 Å². The van der Waals surface area contributed by atoms with Gasteiger partial charge >= 0.3 is 0 Å². The summed E-state index contributed by atoms with van der Waals surface area (Å²) in [6.45, 7) is 0. The van der Waals surface area contributed by atoms with Crippen LogP contribution in [0.1, 0.15) is 5.56 Å². The van der Waals surface area contributed by atoms with Crippen LogP contribution in [0.2, 0.25) is 10.0 Å². The summed E-state index contributed by atoms with van der Waals surface area (Å²) in [4.78, 5) is 0. The SMILES string of the molecule is N#Cc1cc(Nc2ccc(Br)c(Cl)c2Cl)ccc1N. The second-order valence-electron chi connectivity index (χ2n) is 3.76. The first-order chi connectivity index (χ1) is 9.02. The summed E-state index contributed by atoms with van der Waals surface area (Å²) in [5.41, 5.74) is 7.88. The van der Waals surface area contributed by atoms with Gasteiger partial charge in [0.05, 0.1) is 21.3 Å². The zero-order chi connectivity index (χ0) is 14.0. The van der Waals surface area contributed by atoms with Crippen molar-refractivity contribution in [1.82, 2.24) is 0 Å². The molecular weight excluding hydrogens is 349 g/mol. The third-order valence-corrected chi connectivity index (χ3v) is 4.26. The number of hydrogen-bond donors (Lipinski definition) is 2. The topological polar surface area (TPSA) is 61.8 Å². The van der Waals surface area contributed by atoms with E-state index in [1.54, 1.807) is 30.3 Å². The lowest BCUT2D eigenvalue weighted by Gasteiger charge is -2.11. The van der Waals surface area contributed by atoms with Crippen molar-refractivity contribution in [3.05, 3.63) is 50.4 Å². The van der Waals surface area contributed by atoms with E-state index in [0.29, 0.717) is 32.7 Å². The number of rotatable bonds is 2. The van der Waals surface area contributed by atoms with E-state index in [2.05, 4.69) is 21.2 Å². The number of nitriles is 1. The van der Waals surface area contributed by atoms with Crippen molar-refractivity contribution in [2.24, 2.45) is 0 Å². The second kappa shape index (κ2) is 5.70. The molecule has 0 saturated carbocycles. The van der Waals surface area contributed by atoms with Crippen molar-refractivity contribution < 1.29 is 0 Å². The van der Waals surface area contributed by atoms with E-state index in [0.717, 1.165) is 4.47 Å². The first-order valence-electron chi connectivity index (χ1n) is 5.23. The Bertz CT molecular complexity index is 680. The molecule has 0 unspecified atom stereocenters. The Kier molecular flexibility index (Phi) is 4.20. The summed E-state index contributed by atoms with van der Waals surface area (Å²) < 4.78 is 0.722. The van der Waals surface area contributed by atoms with Gasteiger partial charge in [-0.15, -0.1) is 0 Å². The van der Waals surface area contributed by atoms with Gasteiger partial charge in [-0.25, -0.2) is 0 Å². The average molecular weight is 357 g/mol. The molecular formula is C13H8BrCl2N3. The van der Waals surface area contributed by atoms with Crippen LogP contribution in [0.15, 0.2) is 34.8 Å². The predicted octanol–water partition coefficient (Wildman–Crippen LogP) is 4.95. The molecule has 3 nitrogen and oxygen atoms in total. The lowest BCUT2D eigenvalue weighted by atomic mass is 10.1. The third-order valence-electron chi connectivity index (χ3n) is 2.49. The van der Waals surface area contributed by atoms with Gasteiger partial charge in [-0.05, 0) is 46.3 Å². The summed E-state index contributed by atoms with van der Waals surface area (Å²) >= 11 is 15.5. The summed E-state index contributed by atoms with van der Waals surface area (Å²) in [6.07, 6.45) is 0. The number of nitrogens with zero attached hydrogens (tertiary/aromatic N) is 1. The zero-order valence-corrected chi connectivity index (χ0v) is 12.6. The second-order valence-corrected chi connectivity index (χ2v) is 5.37. The fourth-order valence-electron chi connectivity index (χ4n) is 1.51. The van der Waals surface area contributed by atoms with Crippen molar-refractivity contribution >= 4 is 56.2 Å². The normalized spacial score (nSPS) is 10.0. The molecule has 6 heteroatoms. The van der Waals surface area contributed by atoms with Crippen LogP contribution in [0.4, 0.5) is 17.1 Å².